The first kappa shape index (κ1) is 27.3. The highest BCUT2D eigenvalue weighted by Gasteiger charge is 2.31. The Morgan fingerprint density at radius 3 is 2.55 bits per heavy atom. The van der Waals surface area contributed by atoms with Gasteiger partial charge in [-0.25, -0.2) is 9.97 Å². The van der Waals surface area contributed by atoms with E-state index in [0.717, 1.165) is 25.0 Å². The number of carbonyl (C=O) groups excluding carboxylic acids is 1. The molecule has 1 aliphatic rings. The maximum Gasteiger partial charge on any atom is 0.416 e. The highest BCUT2D eigenvalue weighted by molar-refractivity contribution is 6.04. The van der Waals surface area contributed by atoms with Gasteiger partial charge >= 0.3 is 6.18 Å². The van der Waals surface area contributed by atoms with Crippen LogP contribution in [0.3, 0.4) is 0 Å². The Morgan fingerprint density at radius 2 is 1.82 bits per heavy atom. The van der Waals surface area contributed by atoms with E-state index in [1.165, 1.54) is 22.9 Å². The summed E-state index contributed by atoms with van der Waals surface area (Å²) >= 11 is 0. The van der Waals surface area contributed by atoms with E-state index < -0.39 is 23.2 Å². The quantitative estimate of drug-likeness (QED) is 0.329. The normalized spacial score (nSPS) is 17.6. The number of benzene rings is 2. The second kappa shape index (κ2) is 10.7. The van der Waals surface area contributed by atoms with Crippen molar-refractivity contribution < 1.29 is 23.1 Å². The van der Waals surface area contributed by atoms with Crippen molar-refractivity contribution in [2.75, 3.05) is 10.6 Å². The number of hydrogen-bond acceptors (Lipinski definition) is 7. The Hall–Kier alpha value is -4.32. The summed E-state index contributed by atoms with van der Waals surface area (Å²) in [7, 11) is 1.58. The fourth-order valence-corrected chi connectivity index (χ4v) is 4.76. The summed E-state index contributed by atoms with van der Waals surface area (Å²) in [5, 5.41) is 15.6. The summed E-state index contributed by atoms with van der Waals surface area (Å²) in [5.41, 5.74) is 0.811. The molecule has 2 aromatic carbocycles. The monoisotopic (exact) mass is 552 g/mol. The van der Waals surface area contributed by atoms with Crippen LogP contribution in [0.2, 0.25) is 0 Å². The number of aryl methyl sites for hydroxylation is 2. The fraction of sp³-hybridized carbons (Fsp3) is 0.321. The Labute approximate surface area is 227 Å². The summed E-state index contributed by atoms with van der Waals surface area (Å²) in [6.45, 7) is 1.78. The lowest BCUT2D eigenvalue weighted by Crippen LogP contribution is -2.29. The van der Waals surface area contributed by atoms with Gasteiger partial charge in [0.15, 0.2) is 5.65 Å². The molecule has 9 nitrogen and oxygen atoms in total. The van der Waals surface area contributed by atoms with E-state index in [9.17, 15) is 27.9 Å². The molecular weight excluding hydrogens is 525 g/mol. The second-order valence-electron chi connectivity index (χ2n) is 9.94. The van der Waals surface area contributed by atoms with Gasteiger partial charge in [-0.3, -0.25) is 14.2 Å². The Kier molecular flexibility index (Phi) is 7.28. The molecule has 2 aromatic heterocycles. The lowest BCUT2D eigenvalue weighted by Gasteiger charge is -2.26. The number of nitrogens with zero attached hydrogens (tertiary/aromatic N) is 4. The molecule has 3 N–H and O–H groups in total. The Balaban J connectivity index is 1.43. The number of fused-ring (bicyclic) bond motifs is 1. The van der Waals surface area contributed by atoms with E-state index >= 15 is 0 Å². The number of carbonyl (C=O) groups is 1. The van der Waals surface area contributed by atoms with Crippen LogP contribution in [0.4, 0.5) is 24.8 Å². The molecule has 2 heterocycles. The highest BCUT2D eigenvalue weighted by atomic mass is 19.4. The molecule has 208 valence electrons. The van der Waals surface area contributed by atoms with E-state index in [0.29, 0.717) is 46.8 Å². The van der Waals surface area contributed by atoms with Crippen LogP contribution in [0.1, 0.15) is 47.2 Å². The average molecular weight is 553 g/mol. The first-order valence-electron chi connectivity index (χ1n) is 12.8. The average Bonchev–Trinajstić information content (AvgIpc) is 2.93. The number of aliphatic hydroxyl groups is 1. The first-order chi connectivity index (χ1) is 19.0. The smallest absolute Gasteiger partial charge is 0.393 e. The van der Waals surface area contributed by atoms with Crippen molar-refractivity contribution in [3.63, 3.8) is 0 Å². The first-order valence-corrected chi connectivity index (χ1v) is 12.8. The van der Waals surface area contributed by atoms with Crippen LogP contribution in [-0.2, 0) is 13.2 Å². The molecule has 4 aromatic rings. The van der Waals surface area contributed by atoms with E-state index in [1.54, 1.807) is 32.2 Å². The second-order valence-corrected chi connectivity index (χ2v) is 9.94. The van der Waals surface area contributed by atoms with Gasteiger partial charge < -0.3 is 15.7 Å². The molecule has 12 heteroatoms. The maximum absolute atomic E-state index is 13.4. The predicted molar refractivity (Wildman–Crippen MR) is 144 cm³/mol. The van der Waals surface area contributed by atoms with E-state index in [2.05, 4.69) is 25.6 Å². The summed E-state index contributed by atoms with van der Waals surface area (Å²) in [4.78, 5) is 39.5. The van der Waals surface area contributed by atoms with Crippen LogP contribution < -0.4 is 16.2 Å². The zero-order valence-corrected chi connectivity index (χ0v) is 21.8. The molecular formula is C28H27F3N6O3. The number of aromatic nitrogens is 4. The van der Waals surface area contributed by atoms with Gasteiger partial charge in [0.2, 0.25) is 5.95 Å². The van der Waals surface area contributed by atoms with Gasteiger partial charge in [-0.2, -0.15) is 18.2 Å². The van der Waals surface area contributed by atoms with Crippen LogP contribution in [-0.4, -0.2) is 42.7 Å². The van der Waals surface area contributed by atoms with Gasteiger partial charge in [0.05, 0.1) is 17.9 Å². The molecule has 0 aliphatic heterocycles. The molecule has 0 radical (unpaired) electrons. The molecule has 5 rings (SSSR count). The molecule has 1 amide bonds. The molecule has 0 atom stereocenters. The summed E-state index contributed by atoms with van der Waals surface area (Å²) in [6, 6.07) is 9.11. The third-order valence-electron chi connectivity index (χ3n) is 7.04. The van der Waals surface area contributed by atoms with E-state index in [4.69, 9.17) is 0 Å². The third kappa shape index (κ3) is 5.67. The predicted octanol–water partition coefficient (Wildman–Crippen LogP) is 4.69. The van der Waals surface area contributed by atoms with Gasteiger partial charge in [0.1, 0.15) is 11.2 Å². The number of alkyl halides is 3. The van der Waals surface area contributed by atoms with Crippen molar-refractivity contribution in [3.05, 3.63) is 75.7 Å². The van der Waals surface area contributed by atoms with Crippen LogP contribution >= 0.6 is 0 Å². The number of rotatable bonds is 5. The number of nitrogens with one attached hydrogen (secondary N) is 2. The SMILES string of the molecule is Cc1ccc(NC(=O)c2cccc(C(F)(F)F)c2)cc1-c1nc2cnc(NC3CCC(O)CC3)nc2n(C)c1=O. The number of halogens is 3. The van der Waals surface area contributed by atoms with E-state index in [1.807, 2.05) is 0 Å². The Morgan fingerprint density at radius 1 is 1.07 bits per heavy atom. The van der Waals surface area contributed by atoms with Crippen LogP contribution in [0.25, 0.3) is 22.4 Å². The van der Waals surface area contributed by atoms with Gasteiger partial charge in [0, 0.05) is 29.9 Å². The lowest BCUT2D eigenvalue weighted by molar-refractivity contribution is -0.137. The maximum atomic E-state index is 13.4. The van der Waals surface area contributed by atoms with Crippen LogP contribution in [0, 0.1) is 6.92 Å². The number of amides is 1. The van der Waals surface area contributed by atoms with Crippen molar-refractivity contribution >= 4 is 28.7 Å². The number of aliphatic hydroxyl groups excluding tert-OH is 1. The summed E-state index contributed by atoms with van der Waals surface area (Å²) in [5.74, 6) is -0.352. The fourth-order valence-electron chi connectivity index (χ4n) is 4.76. The summed E-state index contributed by atoms with van der Waals surface area (Å²) < 4.78 is 40.6. The molecule has 40 heavy (non-hydrogen) atoms. The zero-order valence-electron chi connectivity index (χ0n) is 21.8. The largest absolute Gasteiger partial charge is 0.416 e. The molecule has 0 saturated heterocycles. The molecule has 1 aliphatic carbocycles. The van der Waals surface area contributed by atoms with Gasteiger partial charge in [-0.1, -0.05) is 12.1 Å². The van der Waals surface area contributed by atoms with E-state index in [-0.39, 0.29) is 23.4 Å². The molecule has 1 saturated carbocycles. The highest BCUT2D eigenvalue weighted by Crippen LogP contribution is 2.30. The standard InChI is InChI=1S/C28H27F3N6O3/c1-15-6-7-19(33-25(39)16-4-3-5-17(12-16)28(29,30)31)13-21(15)23-26(40)37(2)24-22(35-23)14-32-27(36-24)34-18-8-10-20(38)11-9-18/h3-7,12-14,18,20,38H,8-11H2,1-2H3,(H,33,39)(H,32,34,36). The van der Waals surface area contributed by atoms with Crippen LogP contribution in [0.5, 0.6) is 0 Å². The molecule has 0 bridgehead atoms. The topological polar surface area (TPSA) is 122 Å². The van der Waals surface area contributed by atoms with Gasteiger partial charge in [-0.05, 0) is 68.5 Å². The number of hydrogen-bond donors (Lipinski definition) is 3. The molecule has 0 unspecified atom stereocenters. The van der Waals surface area contributed by atoms with Gasteiger partial charge in [0.25, 0.3) is 11.5 Å². The van der Waals surface area contributed by atoms with Crippen molar-refractivity contribution in [2.24, 2.45) is 7.05 Å². The van der Waals surface area contributed by atoms with Gasteiger partial charge in [-0.15, -0.1) is 0 Å². The van der Waals surface area contributed by atoms with Crippen molar-refractivity contribution in [1.82, 2.24) is 19.5 Å². The van der Waals surface area contributed by atoms with Crippen LogP contribution in [0.15, 0.2) is 53.5 Å². The Bertz CT molecular complexity index is 1650. The molecule has 1 fully saturated rings. The zero-order chi connectivity index (χ0) is 28.6. The summed E-state index contributed by atoms with van der Waals surface area (Å²) in [6.07, 6.45) is -0.345. The minimum Gasteiger partial charge on any atom is -0.393 e. The number of anilines is 2. The van der Waals surface area contributed by atoms with Crippen molar-refractivity contribution in [2.45, 2.75) is 50.9 Å². The third-order valence-corrected chi connectivity index (χ3v) is 7.04. The van der Waals surface area contributed by atoms with Crippen molar-refractivity contribution in [3.8, 4) is 11.3 Å². The minimum atomic E-state index is -4.57. The molecule has 0 spiro atoms. The lowest BCUT2D eigenvalue weighted by atomic mass is 9.93. The minimum absolute atomic E-state index is 0.119. The van der Waals surface area contributed by atoms with Crippen molar-refractivity contribution in [1.29, 1.82) is 0 Å².